The Kier molecular flexibility index (Phi) is 4.76. The van der Waals surface area contributed by atoms with E-state index in [1.54, 1.807) is 42.2 Å². The second kappa shape index (κ2) is 6.66. The molecule has 1 aromatic heterocycles. The van der Waals surface area contributed by atoms with Gasteiger partial charge in [0.05, 0.1) is 16.7 Å². The minimum absolute atomic E-state index is 0.147. The summed E-state index contributed by atoms with van der Waals surface area (Å²) in [5, 5.41) is 13.6. The van der Waals surface area contributed by atoms with Crippen LogP contribution in [0.25, 0.3) is 5.69 Å². The number of aliphatic hydroxyl groups excluding tert-OH is 1. The zero-order valence-electron chi connectivity index (χ0n) is 13.9. The van der Waals surface area contributed by atoms with Gasteiger partial charge >= 0.3 is 0 Å². The lowest BCUT2D eigenvalue weighted by atomic mass is 9.77. The summed E-state index contributed by atoms with van der Waals surface area (Å²) in [5.41, 5.74) is 1.40. The van der Waals surface area contributed by atoms with Crippen molar-refractivity contribution in [2.75, 3.05) is 0 Å². The fraction of sp³-hybridized carbons (Fsp3) is 0.471. The van der Waals surface area contributed by atoms with E-state index in [0.29, 0.717) is 30.5 Å². The number of aromatic nitrogens is 2. The summed E-state index contributed by atoms with van der Waals surface area (Å²) < 4.78 is 30.2. The Morgan fingerprint density at radius 1 is 1.42 bits per heavy atom. The Morgan fingerprint density at radius 2 is 2.17 bits per heavy atom. The minimum Gasteiger partial charge on any atom is -0.393 e. The number of nitrogens with one attached hydrogen (secondary N) is 1. The lowest BCUT2D eigenvalue weighted by molar-refractivity contribution is 0.0277. The molecule has 0 amide bonds. The Morgan fingerprint density at radius 3 is 2.75 bits per heavy atom. The summed E-state index contributed by atoms with van der Waals surface area (Å²) in [4.78, 5) is 0.272. The largest absolute Gasteiger partial charge is 0.393 e. The Labute approximate surface area is 142 Å². The van der Waals surface area contributed by atoms with E-state index in [1.165, 1.54) is 0 Å². The van der Waals surface area contributed by atoms with Gasteiger partial charge in [0, 0.05) is 18.4 Å². The van der Waals surface area contributed by atoms with Gasteiger partial charge in [-0.15, -0.1) is 0 Å². The summed E-state index contributed by atoms with van der Waals surface area (Å²) >= 11 is 0. The second-order valence-electron chi connectivity index (χ2n) is 6.42. The van der Waals surface area contributed by atoms with Gasteiger partial charge in [-0.25, -0.2) is 17.8 Å². The normalized spacial score (nSPS) is 22.1. The molecule has 6 nitrogen and oxygen atoms in total. The topological polar surface area (TPSA) is 84.2 Å². The molecule has 0 unspecified atom stereocenters. The van der Waals surface area contributed by atoms with Crippen LogP contribution in [-0.2, 0) is 10.0 Å². The number of rotatable bonds is 6. The van der Waals surface area contributed by atoms with E-state index in [9.17, 15) is 13.5 Å². The Balaban J connectivity index is 1.87. The number of hydrogen-bond donors (Lipinski definition) is 2. The summed E-state index contributed by atoms with van der Waals surface area (Å²) in [7, 11) is -3.63. The molecule has 2 N–H and O–H groups in total. The highest BCUT2D eigenvalue weighted by Gasteiger charge is 2.35. The molecule has 7 heteroatoms. The van der Waals surface area contributed by atoms with Crippen molar-refractivity contribution in [1.29, 1.82) is 0 Å². The van der Waals surface area contributed by atoms with Gasteiger partial charge in [0.15, 0.2) is 0 Å². The van der Waals surface area contributed by atoms with Crippen molar-refractivity contribution >= 4 is 10.0 Å². The van der Waals surface area contributed by atoms with E-state index >= 15 is 0 Å². The van der Waals surface area contributed by atoms with Crippen molar-refractivity contribution in [2.24, 2.45) is 5.92 Å². The Bertz CT molecular complexity index is 796. The van der Waals surface area contributed by atoms with E-state index in [2.05, 4.69) is 9.82 Å². The average Bonchev–Trinajstić information content (AvgIpc) is 3.04. The van der Waals surface area contributed by atoms with Gasteiger partial charge in [-0.05, 0) is 55.9 Å². The molecule has 3 rings (SSSR count). The van der Waals surface area contributed by atoms with Crippen LogP contribution in [0.5, 0.6) is 0 Å². The first-order chi connectivity index (χ1) is 11.4. The van der Waals surface area contributed by atoms with Crippen molar-refractivity contribution < 1.29 is 13.5 Å². The van der Waals surface area contributed by atoms with Crippen LogP contribution in [-0.4, -0.2) is 35.5 Å². The monoisotopic (exact) mass is 349 g/mol. The molecule has 0 bridgehead atoms. The molecule has 1 fully saturated rings. The van der Waals surface area contributed by atoms with E-state index in [1.807, 2.05) is 13.0 Å². The zero-order chi connectivity index (χ0) is 17.3. The summed E-state index contributed by atoms with van der Waals surface area (Å²) in [6.45, 7) is 3.75. The molecule has 1 heterocycles. The standard InChI is InChI=1S/C17H23N3O3S/c1-3-16(13-9-15(21)10-13)19-24(22,23)17-11-14(6-5-12(17)2)20-8-4-7-18-20/h4-8,11,13,15-16,19,21H,3,9-10H2,1-2H3/t13?,15?,16-/m0/s1. The third-order valence-corrected chi connectivity index (χ3v) is 6.33. The zero-order valence-corrected chi connectivity index (χ0v) is 14.7. The minimum atomic E-state index is -3.63. The van der Waals surface area contributed by atoms with Crippen LogP contribution < -0.4 is 4.72 Å². The third-order valence-electron chi connectivity index (χ3n) is 4.70. The van der Waals surface area contributed by atoms with Crippen LogP contribution in [0.4, 0.5) is 0 Å². The maximum absolute atomic E-state index is 12.9. The van der Waals surface area contributed by atoms with Crippen LogP contribution in [0.1, 0.15) is 31.7 Å². The molecule has 1 aromatic carbocycles. The highest BCUT2D eigenvalue weighted by Crippen LogP contribution is 2.32. The first kappa shape index (κ1) is 17.1. The fourth-order valence-corrected chi connectivity index (χ4v) is 4.83. The molecule has 1 aliphatic rings. The lowest BCUT2D eigenvalue weighted by Gasteiger charge is -2.37. The number of benzene rings is 1. The summed E-state index contributed by atoms with van der Waals surface area (Å²) in [6, 6.07) is 6.93. The quantitative estimate of drug-likeness (QED) is 0.835. The molecular weight excluding hydrogens is 326 g/mol. The molecule has 1 saturated carbocycles. The number of sulfonamides is 1. The molecule has 130 valence electrons. The predicted molar refractivity (Wildman–Crippen MR) is 91.4 cm³/mol. The highest BCUT2D eigenvalue weighted by molar-refractivity contribution is 7.89. The molecule has 0 aliphatic heterocycles. The first-order valence-corrected chi connectivity index (χ1v) is 9.70. The van der Waals surface area contributed by atoms with Crippen LogP contribution in [0.15, 0.2) is 41.6 Å². The molecule has 1 aliphatic carbocycles. The van der Waals surface area contributed by atoms with Crippen LogP contribution in [0, 0.1) is 12.8 Å². The fourth-order valence-electron chi connectivity index (χ4n) is 3.18. The number of nitrogens with zero attached hydrogens (tertiary/aromatic N) is 2. The predicted octanol–water partition coefficient (Wildman–Crippen LogP) is 2.01. The molecule has 24 heavy (non-hydrogen) atoms. The Hall–Kier alpha value is -1.70. The maximum atomic E-state index is 12.9. The van der Waals surface area contributed by atoms with Gasteiger partial charge in [-0.2, -0.15) is 5.10 Å². The third kappa shape index (κ3) is 3.38. The molecule has 1 atom stereocenters. The number of hydrogen-bond acceptors (Lipinski definition) is 4. The van der Waals surface area contributed by atoms with Crippen molar-refractivity contribution in [3.8, 4) is 5.69 Å². The van der Waals surface area contributed by atoms with Crippen molar-refractivity contribution in [3.63, 3.8) is 0 Å². The first-order valence-electron chi connectivity index (χ1n) is 8.21. The van der Waals surface area contributed by atoms with E-state index < -0.39 is 10.0 Å². The smallest absolute Gasteiger partial charge is 0.241 e. The molecular formula is C17H23N3O3S. The van der Waals surface area contributed by atoms with Gasteiger partial charge in [-0.3, -0.25) is 0 Å². The van der Waals surface area contributed by atoms with Crippen LogP contribution >= 0.6 is 0 Å². The average molecular weight is 349 g/mol. The maximum Gasteiger partial charge on any atom is 0.241 e. The van der Waals surface area contributed by atoms with Crippen molar-refractivity contribution in [3.05, 3.63) is 42.2 Å². The summed E-state index contributed by atoms with van der Waals surface area (Å²) in [5.74, 6) is 0.203. The van der Waals surface area contributed by atoms with Gasteiger partial charge in [0.2, 0.25) is 10.0 Å². The van der Waals surface area contributed by atoms with Gasteiger partial charge in [-0.1, -0.05) is 13.0 Å². The van der Waals surface area contributed by atoms with Crippen LogP contribution in [0.3, 0.4) is 0 Å². The lowest BCUT2D eigenvalue weighted by Crippen LogP contribution is -2.46. The van der Waals surface area contributed by atoms with E-state index in [0.717, 1.165) is 0 Å². The molecule has 0 spiro atoms. The number of aliphatic hydroxyl groups is 1. The highest BCUT2D eigenvalue weighted by atomic mass is 32.2. The van der Waals surface area contributed by atoms with E-state index in [4.69, 9.17) is 0 Å². The van der Waals surface area contributed by atoms with Crippen LogP contribution in [0.2, 0.25) is 0 Å². The van der Waals surface area contributed by atoms with Crippen molar-refractivity contribution in [1.82, 2.24) is 14.5 Å². The van der Waals surface area contributed by atoms with Crippen molar-refractivity contribution in [2.45, 2.75) is 50.2 Å². The molecule has 0 saturated heterocycles. The molecule has 0 radical (unpaired) electrons. The van der Waals surface area contributed by atoms with Gasteiger partial charge < -0.3 is 5.11 Å². The van der Waals surface area contributed by atoms with E-state index in [-0.39, 0.29) is 23.0 Å². The van der Waals surface area contributed by atoms with Gasteiger partial charge in [0.25, 0.3) is 0 Å². The molecule has 2 aromatic rings. The second-order valence-corrected chi connectivity index (χ2v) is 8.10. The summed E-state index contributed by atoms with van der Waals surface area (Å²) in [6.07, 6.45) is 5.16. The number of aryl methyl sites for hydroxylation is 1. The SMILES string of the molecule is CC[C@H](NS(=O)(=O)c1cc(-n2cccn2)ccc1C)C1CC(O)C1. The van der Waals surface area contributed by atoms with Gasteiger partial charge in [0.1, 0.15) is 0 Å².